The van der Waals surface area contributed by atoms with Crippen molar-refractivity contribution in [1.29, 1.82) is 0 Å². The van der Waals surface area contributed by atoms with Gasteiger partial charge in [-0.25, -0.2) is 0 Å². The van der Waals surface area contributed by atoms with E-state index in [1.165, 1.54) is 18.2 Å². The largest absolute Gasteiger partial charge is 0.394 e. The van der Waals surface area contributed by atoms with Crippen LogP contribution in [0.2, 0.25) is 5.02 Å². The Balaban J connectivity index is 1.47. The van der Waals surface area contributed by atoms with Crippen LogP contribution in [0.25, 0.3) is 0 Å². The Morgan fingerprint density at radius 3 is 2.66 bits per heavy atom. The molecule has 2 aromatic rings. The zero-order chi connectivity index (χ0) is 27.7. The van der Waals surface area contributed by atoms with Crippen LogP contribution in [-0.4, -0.2) is 72.2 Å². The second kappa shape index (κ2) is 14.3. The van der Waals surface area contributed by atoms with Crippen molar-refractivity contribution in [2.24, 2.45) is 10.2 Å². The van der Waals surface area contributed by atoms with Gasteiger partial charge < -0.3 is 24.2 Å². The SMILES string of the molecule is CC[PH](=O)COC1CC(CO)N(C(=O)CCCN(C)c2ccc(/N=N/c3ccc([N+](=O)[O-])cc3Cl)cc2)C1. The standard InChI is InChI=1S/C25H33ClN5O6P/c1-3-38(36)17-37-22-13-21(16-32)30(15-22)25(33)5-4-12-29(2)19-8-6-18(7-9-19)27-28-24-11-10-20(31(34)35)14-23(24)26/h6-11,14,21-22,32,38H,3-5,12-13,15-17H2,1-2H3/b28-27+. The molecule has 0 aliphatic carbocycles. The number of anilines is 1. The number of likely N-dealkylation sites (tertiary alicyclic amines) is 1. The normalized spacial score (nSPS) is 18.2. The highest BCUT2D eigenvalue weighted by molar-refractivity contribution is 7.44. The van der Waals surface area contributed by atoms with Crippen LogP contribution in [0.3, 0.4) is 0 Å². The number of hydrogen-bond acceptors (Lipinski definition) is 9. The molecule has 1 saturated heterocycles. The number of rotatable bonds is 13. The lowest BCUT2D eigenvalue weighted by atomic mass is 10.2. The first-order valence-corrected chi connectivity index (χ1v) is 14.6. The molecule has 1 N–H and O–H groups in total. The van der Waals surface area contributed by atoms with Crippen molar-refractivity contribution in [2.45, 2.75) is 38.3 Å². The van der Waals surface area contributed by atoms with E-state index in [-0.39, 0.29) is 41.7 Å². The van der Waals surface area contributed by atoms with E-state index in [1.54, 1.807) is 17.0 Å². The minimum absolute atomic E-state index is 0.0210. The maximum Gasteiger partial charge on any atom is 0.271 e. The molecule has 13 heteroatoms. The first-order chi connectivity index (χ1) is 18.2. The number of aliphatic hydroxyl groups excluding tert-OH is 1. The van der Waals surface area contributed by atoms with Crippen LogP contribution < -0.4 is 4.90 Å². The van der Waals surface area contributed by atoms with Gasteiger partial charge in [-0.05, 0) is 49.3 Å². The van der Waals surface area contributed by atoms with Gasteiger partial charge in [0.25, 0.3) is 5.69 Å². The minimum atomic E-state index is -1.73. The summed E-state index contributed by atoms with van der Waals surface area (Å²) in [4.78, 5) is 26.8. The van der Waals surface area contributed by atoms with Crippen molar-refractivity contribution in [2.75, 3.05) is 44.2 Å². The number of non-ortho nitro benzene ring substituents is 1. The van der Waals surface area contributed by atoms with Gasteiger partial charge in [0.05, 0.1) is 40.7 Å². The summed E-state index contributed by atoms with van der Waals surface area (Å²) in [5.41, 5.74) is 1.76. The lowest BCUT2D eigenvalue weighted by Crippen LogP contribution is -2.38. The molecule has 1 aliphatic rings. The van der Waals surface area contributed by atoms with Gasteiger partial charge >= 0.3 is 0 Å². The lowest BCUT2D eigenvalue weighted by molar-refractivity contribution is -0.384. The van der Waals surface area contributed by atoms with E-state index in [0.717, 1.165) is 5.69 Å². The fraction of sp³-hybridized carbons (Fsp3) is 0.480. The molecule has 38 heavy (non-hydrogen) atoms. The second-order valence-electron chi connectivity index (χ2n) is 9.08. The van der Waals surface area contributed by atoms with E-state index in [0.29, 0.717) is 49.9 Å². The van der Waals surface area contributed by atoms with E-state index < -0.39 is 12.7 Å². The number of benzene rings is 2. The van der Waals surface area contributed by atoms with Crippen LogP contribution in [0.1, 0.15) is 26.2 Å². The topological polar surface area (TPSA) is 138 Å². The third kappa shape index (κ3) is 8.33. The Labute approximate surface area is 227 Å². The monoisotopic (exact) mass is 565 g/mol. The van der Waals surface area contributed by atoms with Gasteiger partial charge in [0.2, 0.25) is 5.91 Å². The summed E-state index contributed by atoms with van der Waals surface area (Å²) in [7, 11) is 0.203. The van der Waals surface area contributed by atoms with E-state index in [1.807, 2.05) is 31.0 Å². The molecule has 0 bridgehead atoms. The number of aliphatic hydroxyl groups is 1. The van der Waals surface area contributed by atoms with Crippen LogP contribution >= 0.6 is 19.4 Å². The number of nitro groups is 1. The maximum atomic E-state index is 12.8. The molecule has 3 atom stereocenters. The Kier molecular flexibility index (Phi) is 11.2. The van der Waals surface area contributed by atoms with E-state index in [2.05, 4.69) is 10.2 Å². The molecule has 2 aromatic carbocycles. The molecule has 1 heterocycles. The van der Waals surface area contributed by atoms with Crippen LogP contribution in [-0.2, 0) is 14.1 Å². The molecule has 1 amide bonds. The van der Waals surface area contributed by atoms with Gasteiger partial charge in [-0.2, -0.15) is 5.11 Å². The molecule has 11 nitrogen and oxygen atoms in total. The summed E-state index contributed by atoms with van der Waals surface area (Å²) in [6.07, 6.45) is 2.18. The third-order valence-corrected chi connectivity index (χ3v) is 7.95. The highest BCUT2D eigenvalue weighted by Crippen LogP contribution is 2.31. The number of nitro benzene ring substituents is 1. The fourth-order valence-corrected chi connectivity index (χ4v) is 4.94. The van der Waals surface area contributed by atoms with Crippen molar-refractivity contribution in [3.63, 3.8) is 0 Å². The predicted molar refractivity (Wildman–Crippen MR) is 148 cm³/mol. The van der Waals surface area contributed by atoms with Crippen molar-refractivity contribution < 1.29 is 24.1 Å². The smallest absolute Gasteiger partial charge is 0.271 e. The summed E-state index contributed by atoms with van der Waals surface area (Å²) in [5.74, 6) is -0.0210. The maximum absolute atomic E-state index is 12.8. The number of halogens is 1. The first kappa shape index (κ1) is 29.7. The molecular formula is C25H33ClN5O6P. The number of azo groups is 1. The van der Waals surface area contributed by atoms with E-state index in [4.69, 9.17) is 16.3 Å². The Bertz CT molecular complexity index is 1170. The van der Waals surface area contributed by atoms with Crippen LogP contribution in [0.4, 0.5) is 22.7 Å². The van der Waals surface area contributed by atoms with Crippen molar-refractivity contribution in [3.8, 4) is 0 Å². The molecule has 3 unspecified atom stereocenters. The van der Waals surface area contributed by atoms with Gasteiger partial charge in [0, 0.05) is 44.4 Å². The quantitative estimate of drug-likeness (QED) is 0.149. The summed E-state index contributed by atoms with van der Waals surface area (Å²) in [6, 6.07) is 11.1. The van der Waals surface area contributed by atoms with Gasteiger partial charge in [-0.15, -0.1) is 5.11 Å². The Morgan fingerprint density at radius 2 is 2.03 bits per heavy atom. The van der Waals surface area contributed by atoms with Gasteiger partial charge in [-0.1, -0.05) is 18.5 Å². The zero-order valence-corrected chi connectivity index (χ0v) is 23.2. The number of carbonyl (C=O) groups excluding carboxylic acids is 1. The molecule has 206 valence electrons. The molecule has 1 aliphatic heterocycles. The van der Waals surface area contributed by atoms with E-state index >= 15 is 0 Å². The second-order valence-corrected chi connectivity index (χ2v) is 11.6. The molecule has 0 radical (unpaired) electrons. The van der Waals surface area contributed by atoms with Gasteiger partial charge in [-0.3, -0.25) is 14.9 Å². The van der Waals surface area contributed by atoms with Gasteiger partial charge in [0.1, 0.15) is 13.5 Å². The fourth-order valence-electron chi connectivity index (χ4n) is 4.10. The average molecular weight is 566 g/mol. The van der Waals surface area contributed by atoms with Gasteiger partial charge in [0.15, 0.2) is 0 Å². The summed E-state index contributed by atoms with van der Waals surface area (Å²) in [5, 5.41) is 28.9. The number of amides is 1. The number of hydrogen-bond donors (Lipinski definition) is 1. The molecule has 0 saturated carbocycles. The van der Waals surface area contributed by atoms with Crippen molar-refractivity contribution in [3.05, 3.63) is 57.6 Å². The van der Waals surface area contributed by atoms with Crippen molar-refractivity contribution in [1.82, 2.24) is 4.90 Å². The van der Waals surface area contributed by atoms with Crippen LogP contribution in [0.5, 0.6) is 0 Å². The van der Waals surface area contributed by atoms with Crippen LogP contribution in [0, 0.1) is 10.1 Å². The summed E-state index contributed by atoms with van der Waals surface area (Å²) in [6.45, 7) is 2.82. The first-order valence-electron chi connectivity index (χ1n) is 12.4. The highest BCUT2D eigenvalue weighted by atomic mass is 35.5. The third-order valence-electron chi connectivity index (χ3n) is 6.37. The Morgan fingerprint density at radius 1 is 1.29 bits per heavy atom. The minimum Gasteiger partial charge on any atom is -0.394 e. The van der Waals surface area contributed by atoms with E-state index in [9.17, 15) is 24.6 Å². The lowest BCUT2D eigenvalue weighted by Gasteiger charge is -2.24. The summed E-state index contributed by atoms with van der Waals surface area (Å²) < 4.78 is 17.4. The van der Waals surface area contributed by atoms with Crippen LogP contribution in [0.15, 0.2) is 52.7 Å². The number of carbonyl (C=O) groups is 1. The molecule has 3 rings (SSSR count). The molecule has 1 fully saturated rings. The zero-order valence-electron chi connectivity index (χ0n) is 21.5. The highest BCUT2D eigenvalue weighted by Gasteiger charge is 2.35. The average Bonchev–Trinajstić information content (AvgIpc) is 3.34. The Hall–Kier alpha value is -2.85. The summed E-state index contributed by atoms with van der Waals surface area (Å²) >= 11 is 6.05. The molecule has 0 spiro atoms. The predicted octanol–water partition coefficient (Wildman–Crippen LogP) is 5.40. The molecular weight excluding hydrogens is 533 g/mol. The number of ether oxygens (including phenoxy) is 1. The number of nitrogens with zero attached hydrogens (tertiary/aromatic N) is 5. The molecule has 0 aromatic heterocycles. The van der Waals surface area contributed by atoms with Crippen molar-refractivity contribution >= 4 is 48.1 Å².